The highest BCUT2D eigenvalue weighted by molar-refractivity contribution is 5.95. The Balaban J connectivity index is 2.20. The molecule has 3 rings (SSSR count). The summed E-state index contributed by atoms with van der Waals surface area (Å²) in [5, 5.41) is 10.7. The predicted molar refractivity (Wildman–Crippen MR) is 108 cm³/mol. The van der Waals surface area contributed by atoms with Crippen LogP contribution in [0.5, 0.6) is 5.75 Å². The number of carboxylic acids is 1. The van der Waals surface area contributed by atoms with Crippen molar-refractivity contribution in [2.45, 2.75) is 32.4 Å². The van der Waals surface area contributed by atoms with Crippen LogP contribution in [0, 0.1) is 5.92 Å². The third kappa shape index (κ3) is 4.23. The molecule has 0 fully saturated rings. The van der Waals surface area contributed by atoms with Crippen LogP contribution in [-0.2, 0) is 14.3 Å². The number of aromatic nitrogens is 2. The van der Waals surface area contributed by atoms with Gasteiger partial charge in [0.25, 0.3) is 0 Å². The molecule has 0 bridgehead atoms. The van der Waals surface area contributed by atoms with Crippen molar-refractivity contribution in [2.24, 2.45) is 5.92 Å². The first-order valence-corrected chi connectivity index (χ1v) is 9.23. The summed E-state index contributed by atoms with van der Waals surface area (Å²) in [6, 6.07) is 11.7. The van der Waals surface area contributed by atoms with Crippen molar-refractivity contribution >= 4 is 23.0 Å². The molecule has 1 N–H and O–H groups in total. The van der Waals surface area contributed by atoms with Crippen LogP contribution < -0.4 is 4.74 Å². The zero-order chi connectivity index (χ0) is 21.2. The molecule has 0 aliphatic carbocycles. The summed E-state index contributed by atoms with van der Waals surface area (Å²) in [5.74, 6) is -2.91. The van der Waals surface area contributed by atoms with Crippen LogP contribution in [0.25, 0.3) is 11.0 Å². The van der Waals surface area contributed by atoms with Crippen LogP contribution in [0.4, 0.5) is 0 Å². The zero-order valence-electron chi connectivity index (χ0n) is 16.8. The molecule has 0 amide bonds. The van der Waals surface area contributed by atoms with Gasteiger partial charge >= 0.3 is 11.9 Å². The SMILES string of the molecule is COc1ccnc2c1ccn2C(c1ccccc1)C(C(=O)O)C(=O)OC(C)(C)C. The molecular formula is C22H24N2O5. The van der Waals surface area contributed by atoms with E-state index in [4.69, 9.17) is 9.47 Å². The summed E-state index contributed by atoms with van der Waals surface area (Å²) in [4.78, 5) is 29.6. The van der Waals surface area contributed by atoms with Gasteiger partial charge in [0, 0.05) is 12.4 Å². The molecule has 0 aliphatic rings. The molecule has 152 valence electrons. The average molecular weight is 396 g/mol. The molecule has 0 saturated carbocycles. The van der Waals surface area contributed by atoms with E-state index in [2.05, 4.69) is 4.98 Å². The molecule has 0 radical (unpaired) electrons. The highest BCUT2D eigenvalue weighted by Crippen LogP contribution is 2.34. The number of aliphatic carboxylic acids is 1. The molecule has 1 aromatic carbocycles. The maximum atomic E-state index is 12.9. The van der Waals surface area contributed by atoms with Crippen molar-refractivity contribution in [2.75, 3.05) is 7.11 Å². The molecule has 3 aromatic rings. The number of hydrogen-bond donors (Lipinski definition) is 1. The van der Waals surface area contributed by atoms with Gasteiger partial charge in [-0.1, -0.05) is 30.3 Å². The lowest BCUT2D eigenvalue weighted by Gasteiger charge is -2.28. The van der Waals surface area contributed by atoms with Crippen molar-refractivity contribution in [1.82, 2.24) is 9.55 Å². The van der Waals surface area contributed by atoms with Gasteiger partial charge in [0.05, 0.1) is 18.5 Å². The molecule has 7 nitrogen and oxygen atoms in total. The number of carboxylic acid groups (broad SMARTS) is 1. The molecule has 2 heterocycles. The fraction of sp³-hybridized carbons (Fsp3) is 0.318. The summed E-state index contributed by atoms with van der Waals surface area (Å²) in [6.07, 6.45) is 3.31. The maximum absolute atomic E-state index is 12.9. The number of benzene rings is 1. The van der Waals surface area contributed by atoms with Gasteiger partial charge in [-0.3, -0.25) is 9.59 Å². The van der Waals surface area contributed by atoms with Crippen molar-refractivity contribution in [1.29, 1.82) is 0 Å². The third-order valence-electron chi connectivity index (χ3n) is 4.48. The number of nitrogens with zero attached hydrogens (tertiary/aromatic N) is 2. The lowest BCUT2D eigenvalue weighted by atomic mass is 9.92. The zero-order valence-corrected chi connectivity index (χ0v) is 16.8. The Morgan fingerprint density at radius 2 is 1.79 bits per heavy atom. The molecule has 0 aliphatic heterocycles. The normalized spacial score (nSPS) is 13.7. The van der Waals surface area contributed by atoms with Gasteiger partial charge in [-0.25, -0.2) is 4.98 Å². The van der Waals surface area contributed by atoms with Crippen LogP contribution >= 0.6 is 0 Å². The highest BCUT2D eigenvalue weighted by Gasteiger charge is 2.40. The van der Waals surface area contributed by atoms with E-state index < -0.39 is 29.5 Å². The van der Waals surface area contributed by atoms with Crippen LogP contribution in [-0.4, -0.2) is 39.3 Å². The van der Waals surface area contributed by atoms with E-state index in [0.717, 1.165) is 5.39 Å². The standard InChI is InChI=1S/C22H24N2O5/c1-22(2,3)29-21(27)17(20(25)26)18(14-8-6-5-7-9-14)24-13-11-15-16(28-4)10-12-23-19(15)24/h5-13,17-18H,1-4H3,(H,25,26). The van der Waals surface area contributed by atoms with E-state index in [1.807, 2.05) is 6.07 Å². The minimum Gasteiger partial charge on any atom is -0.496 e. The van der Waals surface area contributed by atoms with Gasteiger partial charge in [0.15, 0.2) is 5.92 Å². The van der Waals surface area contributed by atoms with Gasteiger partial charge in [-0.15, -0.1) is 0 Å². The molecule has 0 spiro atoms. The Bertz CT molecular complexity index is 1020. The Hall–Kier alpha value is -3.35. The monoisotopic (exact) mass is 396 g/mol. The summed E-state index contributed by atoms with van der Waals surface area (Å²) in [5.41, 5.74) is 0.368. The van der Waals surface area contributed by atoms with E-state index in [9.17, 15) is 14.7 Å². The largest absolute Gasteiger partial charge is 0.496 e. The topological polar surface area (TPSA) is 90.7 Å². The first kappa shape index (κ1) is 20.4. The van der Waals surface area contributed by atoms with E-state index in [0.29, 0.717) is 17.0 Å². The Morgan fingerprint density at radius 3 is 2.38 bits per heavy atom. The summed E-state index contributed by atoms with van der Waals surface area (Å²) in [7, 11) is 1.56. The van der Waals surface area contributed by atoms with Crippen LogP contribution in [0.2, 0.25) is 0 Å². The van der Waals surface area contributed by atoms with Gasteiger partial charge in [0.1, 0.15) is 17.0 Å². The fourth-order valence-electron chi connectivity index (χ4n) is 3.33. The molecule has 29 heavy (non-hydrogen) atoms. The minimum atomic E-state index is -1.46. The van der Waals surface area contributed by atoms with Crippen LogP contribution in [0.15, 0.2) is 54.9 Å². The van der Waals surface area contributed by atoms with Crippen molar-refractivity contribution in [3.05, 3.63) is 60.4 Å². The Morgan fingerprint density at radius 1 is 1.10 bits per heavy atom. The maximum Gasteiger partial charge on any atom is 0.323 e. The Kier molecular flexibility index (Phi) is 5.59. The number of methoxy groups -OCH3 is 1. The molecule has 0 saturated heterocycles. The van der Waals surface area contributed by atoms with Crippen LogP contribution in [0.1, 0.15) is 32.4 Å². The second kappa shape index (κ2) is 7.95. The number of hydrogen-bond acceptors (Lipinski definition) is 5. The van der Waals surface area contributed by atoms with Gasteiger partial charge in [-0.2, -0.15) is 0 Å². The van der Waals surface area contributed by atoms with E-state index in [-0.39, 0.29) is 0 Å². The number of rotatable bonds is 6. The first-order chi connectivity index (χ1) is 13.7. The Labute approximate surface area is 168 Å². The number of carbonyl (C=O) groups is 2. The minimum absolute atomic E-state index is 0.521. The quantitative estimate of drug-likeness (QED) is 0.505. The third-order valence-corrected chi connectivity index (χ3v) is 4.48. The number of carbonyl (C=O) groups excluding carboxylic acids is 1. The molecular weight excluding hydrogens is 372 g/mol. The second-order valence-corrected chi connectivity index (χ2v) is 7.68. The average Bonchev–Trinajstić information content (AvgIpc) is 3.08. The lowest BCUT2D eigenvalue weighted by Crippen LogP contribution is -2.38. The van der Waals surface area contributed by atoms with E-state index in [1.54, 1.807) is 81.2 Å². The lowest BCUT2D eigenvalue weighted by molar-refractivity contribution is -0.168. The first-order valence-electron chi connectivity index (χ1n) is 9.23. The van der Waals surface area contributed by atoms with Crippen LogP contribution in [0.3, 0.4) is 0 Å². The van der Waals surface area contributed by atoms with E-state index >= 15 is 0 Å². The number of esters is 1. The van der Waals surface area contributed by atoms with Gasteiger partial charge in [-0.05, 0) is 38.5 Å². The smallest absolute Gasteiger partial charge is 0.323 e. The van der Waals surface area contributed by atoms with Gasteiger partial charge < -0.3 is 19.1 Å². The summed E-state index contributed by atoms with van der Waals surface area (Å²) in [6.45, 7) is 5.12. The molecule has 7 heteroatoms. The molecule has 2 aromatic heterocycles. The number of fused-ring (bicyclic) bond motifs is 1. The highest BCUT2D eigenvalue weighted by atomic mass is 16.6. The summed E-state index contributed by atoms with van der Waals surface area (Å²) >= 11 is 0. The summed E-state index contributed by atoms with van der Waals surface area (Å²) < 4.78 is 12.5. The predicted octanol–water partition coefficient (Wildman–Crippen LogP) is 3.68. The second-order valence-electron chi connectivity index (χ2n) is 7.68. The van der Waals surface area contributed by atoms with Crippen molar-refractivity contribution < 1.29 is 24.2 Å². The van der Waals surface area contributed by atoms with Crippen molar-refractivity contribution in [3.8, 4) is 5.75 Å². The van der Waals surface area contributed by atoms with Crippen molar-refractivity contribution in [3.63, 3.8) is 0 Å². The number of ether oxygens (including phenoxy) is 2. The van der Waals surface area contributed by atoms with Gasteiger partial charge in [0.2, 0.25) is 0 Å². The molecule has 2 unspecified atom stereocenters. The molecule has 2 atom stereocenters. The van der Waals surface area contributed by atoms with E-state index in [1.165, 1.54) is 0 Å². The fourth-order valence-corrected chi connectivity index (χ4v) is 3.33. The number of pyridine rings is 1.